The second-order valence-electron chi connectivity index (χ2n) is 11.6. The second-order valence-corrected chi connectivity index (χ2v) is 13.6. The maximum Gasteiger partial charge on any atom is 0.270 e. The summed E-state index contributed by atoms with van der Waals surface area (Å²) in [5, 5.41) is 0. The Morgan fingerprint density at radius 1 is 0.886 bits per heavy atom. The number of hydrogen-bond acceptors (Lipinski definition) is 4. The number of aryl methyl sites for hydroxylation is 2. The molecule has 0 spiro atoms. The van der Waals surface area contributed by atoms with Crippen molar-refractivity contribution in [2.45, 2.75) is 88.9 Å². The standard InChI is InChI=1S/C18H25N.C13H17F2NO2S.C2H5NO.C2H2/c1-15(14-19-11-5-2-6-12-19)17-10-9-16-7-3-4-8-18(16)13-17;1-13(14,15)11-6-5-7-12(10-11)19(17,18)16-8-3-2-4-9-16;1-2(3)4;1-2/h9-10,13H,1-8,11-12,14H2;5-7,10H,2-4,8-9H2,1H3;1H3,(H2,3,4);1-2H. The SMILES string of the molecule is C#C.C=C(CN1CCCCC1)c1ccc2c(c1)CCCC2.CC(F)(F)c1cccc(S(=O)(=O)N2CCCCC2)c1.CC(N)=O. The largest absolute Gasteiger partial charge is 0.370 e. The van der Waals surface area contributed by atoms with Crippen molar-refractivity contribution >= 4 is 21.5 Å². The first-order valence-electron chi connectivity index (χ1n) is 15.5. The molecule has 2 aromatic carbocycles. The minimum absolute atomic E-state index is 0.0478. The van der Waals surface area contributed by atoms with Crippen LogP contribution in [0.25, 0.3) is 5.57 Å². The number of rotatable bonds is 6. The van der Waals surface area contributed by atoms with Gasteiger partial charge in [0.2, 0.25) is 15.9 Å². The molecular weight excluding hydrogens is 580 g/mol. The van der Waals surface area contributed by atoms with Crippen LogP contribution >= 0.6 is 0 Å². The van der Waals surface area contributed by atoms with Crippen LogP contribution in [-0.4, -0.2) is 56.3 Å². The number of fused-ring (bicyclic) bond motifs is 1. The van der Waals surface area contributed by atoms with Crippen LogP contribution in [0.3, 0.4) is 0 Å². The van der Waals surface area contributed by atoms with Crippen molar-refractivity contribution in [1.29, 1.82) is 0 Å². The highest BCUT2D eigenvalue weighted by Crippen LogP contribution is 2.30. The van der Waals surface area contributed by atoms with Crippen molar-refractivity contribution in [3.8, 4) is 12.8 Å². The van der Waals surface area contributed by atoms with Crippen molar-refractivity contribution in [3.05, 3.63) is 71.3 Å². The average molecular weight is 630 g/mol. The number of amides is 1. The van der Waals surface area contributed by atoms with Gasteiger partial charge in [-0.25, -0.2) is 17.2 Å². The molecule has 2 aromatic rings. The molecular formula is C35H49F2N3O3S. The van der Waals surface area contributed by atoms with Crippen LogP contribution in [-0.2, 0) is 33.6 Å². The summed E-state index contributed by atoms with van der Waals surface area (Å²) >= 11 is 0. The van der Waals surface area contributed by atoms with Crippen LogP contribution < -0.4 is 5.73 Å². The number of alkyl halides is 2. The van der Waals surface area contributed by atoms with Gasteiger partial charge < -0.3 is 5.73 Å². The Morgan fingerprint density at radius 2 is 1.43 bits per heavy atom. The summed E-state index contributed by atoms with van der Waals surface area (Å²) in [7, 11) is -3.64. The number of terminal acetylenes is 1. The van der Waals surface area contributed by atoms with Gasteiger partial charge in [-0.2, -0.15) is 4.31 Å². The smallest absolute Gasteiger partial charge is 0.270 e. The topological polar surface area (TPSA) is 83.7 Å². The van der Waals surface area contributed by atoms with Crippen molar-refractivity contribution in [2.24, 2.45) is 5.73 Å². The summed E-state index contributed by atoms with van der Waals surface area (Å²) in [6.45, 7) is 10.9. The van der Waals surface area contributed by atoms with E-state index in [1.54, 1.807) is 11.1 Å². The predicted molar refractivity (Wildman–Crippen MR) is 176 cm³/mol. The molecule has 5 rings (SSSR count). The van der Waals surface area contributed by atoms with E-state index in [2.05, 4.69) is 48.3 Å². The molecule has 2 aliphatic heterocycles. The van der Waals surface area contributed by atoms with Crippen LogP contribution in [0.2, 0.25) is 0 Å². The lowest BCUT2D eigenvalue weighted by atomic mass is 9.89. The van der Waals surface area contributed by atoms with Gasteiger partial charge in [0.15, 0.2) is 0 Å². The fourth-order valence-corrected chi connectivity index (χ4v) is 7.18. The van der Waals surface area contributed by atoms with Crippen LogP contribution in [0, 0.1) is 12.8 Å². The molecule has 0 atom stereocenters. The molecule has 9 heteroatoms. The fourth-order valence-electron chi connectivity index (χ4n) is 5.62. The third-order valence-electron chi connectivity index (χ3n) is 7.91. The Balaban J connectivity index is 0.000000261. The van der Waals surface area contributed by atoms with Crippen molar-refractivity contribution in [2.75, 3.05) is 32.7 Å². The molecule has 3 aliphatic rings. The lowest BCUT2D eigenvalue weighted by Crippen LogP contribution is -2.35. The molecule has 1 amide bonds. The van der Waals surface area contributed by atoms with Gasteiger partial charge in [0.1, 0.15) is 0 Å². The first-order valence-corrected chi connectivity index (χ1v) is 16.9. The van der Waals surface area contributed by atoms with Gasteiger partial charge >= 0.3 is 0 Å². The quantitative estimate of drug-likeness (QED) is 0.357. The molecule has 0 radical (unpaired) electrons. The van der Waals surface area contributed by atoms with Gasteiger partial charge in [0.05, 0.1) is 4.90 Å². The highest BCUT2D eigenvalue weighted by Gasteiger charge is 2.29. The fraction of sp³-hybridized carbons (Fsp3) is 0.514. The first kappa shape index (κ1) is 37.1. The number of sulfonamides is 1. The molecule has 1 aliphatic carbocycles. The minimum Gasteiger partial charge on any atom is -0.370 e. The summed E-state index contributed by atoms with van der Waals surface area (Å²) in [6, 6.07) is 12.1. The van der Waals surface area contributed by atoms with E-state index in [0.717, 1.165) is 38.8 Å². The van der Waals surface area contributed by atoms with E-state index < -0.39 is 15.9 Å². The number of carbonyl (C=O) groups excluding carboxylic acids is 1. The number of primary amides is 1. The molecule has 2 heterocycles. The normalized spacial score (nSPS) is 17.2. The summed E-state index contributed by atoms with van der Waals surface area (Å²) in [6.07, 6.45) is 20.0. The molecule has 0 aromatic heterocycles. The van der Waals surface area contributed by atoms with E-state index in [1.165, 1.54) is 98.6 Å². The van der Waals surface area contributed by atoms with Crippen LogP contribution in [0.4, 0.5) is 8.78 Å². The monoisotopic (exact) mass is 629 g/mol. The lowest BCUT2D eigenvalue weighted by Gasteiger charge is -2.27. The Labute approximate surface area is 263 Å². The number of halogens is 2. The lowest BCUT2D eigenvalue weighted by molar-refractivity contribution is -0.115. The third-order valence-corrected chi connectivity index (χ3v) is 9.81. The van der Waals surface area contributed by atoms with Crippen molar-refractivity contribution in [1.82, 2.24) is 9.21 Å². The number of hydrogen-bond donors (Lipinski definition) is 1. The second kappa shape index (κ2) is 18.0. The van der Waals surface area contributed by atoms with Crippen molar-refractivity contribution < 1.29 is 22.0 Å². The molecule has 242 valence electrons. The zero-order chi connectivity index (χ0) is 32.8. The molecule has 2 fully saturated rings. The van der Waals surface area contributed by atoms with Gasteiger partial charge in [-0.05, 0) is 98.9 Å². The van der Waals surface area contributed by atoms with Crippen LogP contribution in [0.1, 0.15) is 87.5 Å². The van der Waals surface area contributed by atoms with Gasteiger partial charge in [-0.15, -0.1) is 12.8 Å². The van der Waals surface area contributed by atoms with E-state index >= 15 is 0 Å². The van der Waals surface area contributed by atoms with E-state index in [1.807, 2.05) is 0 Å². The number of piperidine rings is 2. The van der Waals surface area contributed by atoms with Crippen molar-refractivity contribution in [3.63, 3.8) is 0 Å². The highest BCUT2D eigenvalue weighted by molar-refractivity contribution is 7.89. The Kier molecular flexibility index (Phi) is 15.2. The van der Waals surface area contributed by atoms with E-state index in [9.17, 15) is 22.0 Å². The zero-order valence-electron chi connectivity index (χ0n) is 26.4. The molecule has 0 saturated carbocycles. The van der Waals surface area contributed by atoms with Gasteiger partial charge in [-0.3, -0.25) is 9.69 Å². The number of benzene rings is 2. The number of nitrogens with two attached hydrogens (primary N) is 1. The van der Waals surface area contributed by atoms with Crippen LogP contribution in [0.5, 0.6) is 0 Å². The van der Waals surface area contributed by atoms with E-state index in [0.29, 0.717) is 13.1 Å². The molecule has 0 unspecified atom stereocenters. The number of nitrogens with zero attached hydrogens (tertiary/aromatic N) is 2. The van der Waals surface area contributed by atoms with E-state index in [-0.39, 0.29) is 16.4 Å². The molecule has 6 nitrogen and oxygen atoms in total. The van der Waals surface area contributed by atoms with Gasteiger partial charge in [0.25, 0.3) is 5.92 Å². The molecule has 2 N–H and O–H groups in total. The first-order chi connectivity index (χ1) is 20.9. The maximum atomic E-state index is 13.3. The summed E-state index contributed by atoms with van der Waals surface area (Å²) in [4.78, 5) is 11.7. The maximum absolute atomic E-state index is 13.3. The van der Waals surface area contributed by atoms with E-state index in [4.69, 9.17) is 0 Å². The molecule has 2 saturated heterocycles. The summed E-state index contributed by atoms with van der Waals surface area (Å²) in [5.74, 6) is -3.37. The summed E-state index contributed by atoms with van der Waals surface area (Å²) < 4.78 is 52.6. The minimum atomic E-state index is -3.64. The average Bonchev–Trinajstić information content (AvgIpc) is 3.02. The Bertz CT molecular complexity index is 1340. The van der Waals surface area contributed by atoms with Gasteiger partial charge in [0, 0.05) is 39.0 Å². The summed E-state index contributed by atoms with van der Waals surface area (Å²) in [5.41, 5.74) is 10.0. The zero-order valence-corrected chi connectivity index (χ0v) is 27.2. The Morgan fingerprint density at radius 3 is 2.00 bits per heavy atom. The Hall–Kier alpha value is -3.06. The number of likely N-dealkylation sites (tertiary alicyclic amines) is 1. The molecule has 44 heavy (non-hydrogen) atoms. The predicted octanol–water partition coefficient (Wildman–Crippen LogP) is 6.78. The third kappa shape index (κ3) is 11.8. The number of carbonyl (C=O) groups is 1. The highest BCUT2D eigenvalue weighted by atomic mass is 32.2. The molecule has 0 bridgehead atoms. The van der Waals surface area contributed by atoms with Crippen LogP contribution in [0.15, 0.2) is 53.9 Å². The van der Waals surface area contributed by atoms with Gasteiger partial charge in [-0.1, -0.05) is 49.8 Å².